The van der Waals surface area contributed by atoms with Crippen LogP contribution in [0.2, 0.25) is 0 Å². The molecule has 0 bridgehead atoms. The Labute approximate surface area is 171 Å². The number of sulfonamides is 1. The fourth-order valence-corrected chi connectivity index (χ4v) is 4.00. The van der Waals surface area contributed by atoms with E-state index in [0.717, 1.165) is 0 Å². The minimum atomic E-state index is -3.57. The highest BCUT2D eigenvalue weighted by atomic mass is 32.2. The zero-order valence-electron chi connectivity index (χ0n) is 16.8. The van der Waals surface area contributed by atoms with Crippen molar-refractivity contribution in [2.24, 2.45) is 0 Å². The minimum absolute atomic E-state index is 0.151. The van der Waals surface area contributed by atoms with Gasteiger partial charge >= 0.3 is 5.97 Å². The first-order valence-corrected chi connectivity index (χ1v) is 10.8. The van der Waals surface area contributed by atoms with Crippen LogP contribution in [0.15, 0.2) is 53.4 Å². The Morgan fingerprint density at radius 3 is 2.41 bits per heavy atom. The summed E-state index contributed by atoms with van der Waals surface area (Å²) in [6.45, 7) is 3.96. The molecule has 0 spiro atoms. The standard InChI is InChI=1S/C21H26N2O5S/c1-4-28-21(25)18-12-8-13-19(16(18)2)22-20(24)14-9-15-23(3)29(26,27)17-10-6-5-7-11-17/h5-8,10-13H,4,9,14-15H2,1-3H3,(H,22,24). The average Bonchev–Trinajstić information content (AvgIpc) is 2.70. The van der Waals surface area contributed by atoms with Crippen LogP contribution >= 0.6 is 0 Å². The van der Waals surface area contributed by atoms with Crippen LogP contribution in [-0.2, 0) is 19.6 Å². The van der Waals surface area contributed by atoms with Gasteiger partial charge in [-0.3, -0.25) is 4.79 Å². The van der Waals surface area contributed by atoms with E-state index in [-0.39, 0.29) is 30.4 Å². The van der Waals surface area contributed by atoms with Crippen molar-refractivity contribution in [1.29, 1.82) is 0 Å². The Bertz CT molecular complexity index is 958. The van der Waals surface area contributed by atoms with Gasteiger partial charge in [-0.2, -0.15) is 0 Å². The van der Waals surface area contributed by atoms with Crippen LogP contribution in [0.3, 0.4) is 0 Å². The molecule has 0 aliphatic heterocycles. The second kappa shape index (κ2) is 10.2. The molecule has 29 heavy (non-hydrogen) atoms. The number of rotatable bonds is 9. The predicted octanol–water partition coefficient (Wildman–Crippen LogP) is 3.21. The molecule has 0 unspecified atom stereocenters. The van der Waals surface area contributed by atoms with Crippen molar-refractivity contribution in [2.75, 3.05) is 25.5 Å². The summed E-state index contributed by atoms with van der Waals surface area (Å²) in [5.74, 6) is -0.687. The lowest BCUT2D eigenvalue weighted by molar-refractivity contribution is -0.116. The van der Waals surface area contributed by atoms with Gasteiger partial charge in [-0.1, -0.05) is 24.3 Å². The Balaban J connectivity index is 1.92. The van der Waals surface area contributed by atoms with E-state index in [1.54, 1.807) is 50.2 Å². The number of hydrogen-bond acceptors (Lipinski definition) is 5. The van der Waals surface area contributed by atoms with Gasteiger partial charge in [0, 0.05) is 25.7 Å². The maximum Gasteiger partial charge on any atom is 0.338 e. The first-order chi connectivity index (χ1) is 13.8. The minimum Gasteiger partial charge on any atom is -0.462 e. The third kappa shape index (κ3) is 5.88. The summed E-state index contributed by atoms with van der Waals surface area (Å²) in [5, 5.41) is 2.78. The highest BCUT2D eigenvalue weighted by molar-refractivity contribution is 7.89. The van der Waals surface area contributed by atoms with E-state index in [2.05, 4.69) is 5.32 Å². The Morgan fingerprint density at radius 2 is 1.76 bits per heavy atom. The smallest absolute Gasteiger partial charge is 0.338 e. The maximum absolute atomic E-state index is 12.5. The highest BCUT2D eigenvalue weighted by Gasteiger charge is 2.20. The van der Waals surface area contributed by atoms with Crippen LogP contribution in [0, 0.1) is 6.92 Å². The molecule has 0 aliphatic rings. The average molecular weight is 419 g/mol. The van der Waals surface area contributed by atoms with E-state index >= 15 is 0 Å². The van der Waals surface area contributed by atoms with Gasteiger partial charge in [0.25, 0.3) is 0 Å². The first-order valence-electron chi connectivity index (χ1n) is 9.35. The summed E-state index contributed by atoms with van der Waals surface area (Å²) >= 11 is 0. The van der Waals surface area contributed by atoms with Gasteiger partial charge in [-0.25, -0.2) is 17.5 Å². The zero-order chi connectivity index (χ0) is 21.4. The van der Waals surface area contributed by atoms with Gasteiger partial charge in [0.1, 0.15) is 0 Å². The molecule has 156 valence electrons. The molecular formula is C21H26N2O5S. The number of amides is 1. The van der Waals surface area contributed by atoms with E-state index in [1.165, 1.54) is 23.5 Å². The van der Waals surface area contributed by atoms with Crippen molar-refractivity contribution in [3.05, 3.63) is 59.7 Å². The number of hydrogen-bond donors (Lipinski definition) is 1. The maximum atomic E-state index is 12.5. The number of nitrogens with zero attached hydrogens (tertiary/aromatic N) is 1. The second-order valence-electron chi connectivity index (χ2n) is 6.49. The van der Waals surface area contributed by atoms with Gasteiger partial charge in [0.05, 0.1) is 17.1 Å². The van der Waals surface area contributed by atoms with Crippen LogP contribution in [0.25, 0.3) is 0 Å². The van der Waals surface area contributed by atoms with Gasteiger partial charge in [0.2, 0.25) is 15.9 Å². The Kier molecular flexibility index (Phi) is 7.92. The molecule has 0 saturated carbocycles. The number of anilines is 1. The zero-order valence-corrected chi connectivity index (χ0v) is 17.7. The van der Waals surface area contributed by atoms with Crippen molar-refractivity contribution in [3.63, 3.8) is 0 Å². The number of carbonyl (C=O) groups excluding carboxylic acids is 2. The Hall–Kier alpha value is -2.71. The van der Waals surface area contributed by atoms with Crippen molar-refractivity contribution >= 4 is 27.6 Å². The monoisotopic (exact) mass is 418 g/mol. The third-order valence-corrected chi connectivity index (χ3v) is 6.30. The largest absolute Gasteiger partial charge is 0.462 e. The lowest BCUT2D eigenvalue weighted by Gasteiger charge is -2.17. The number of nitrogens with one attached hydrogen (secondary N) is 1. The first kappa shape index (κ1) is 22.6. The number of ether oxygens (including phenoxy) is 1. The fourth-order valence-electron chi connectivity index (χ4n) is 2.77. The molecule has 0 heterocycles. The number of esters is 1. The predicted molar refractivity (Wildman–Crippen MR) is 111 cm³/mol. The summed E-state index contributed by atoms with van der Waals surface area (Å²) in [6.07, 6.45) is 0.517. The van der Waals surface area contributed by atoms with Crippen LogP contribution in [0.1, 0.15) is 35.7 Å². The molecule has 7 nitrogen and oxygen atoms in total. The SMILES string of the molecule is CCOC(=O)c1cccc(NC(=O)CCCN(C)S(=O)(=O)c2ccccc2)c1C. The molecule has 0 aromatic heterocycles. The van der Waals surface area contributed by atoms with Crippen LogP contribution in [0.4, 0.5) is 5.69 Å². The van der Waals surface area contributed by atoms with Gasteiger partial charge in [-0.15, -0.1) is 0 Å². The quantitative estimate of drug-likeness (QED) is 0.631. The molecule has 0 atom stereocenters. The van der Waals surface area contributed by atoms with E-state index in [0.29, 0.717) is 23.2 Å². The van der Waals surface area contributed by atoms with Gasteiger partial charge in [0.15, 0.2) is 0 Å². The van der Waals surface area contributed by atoms with Gasteiger partial charge < -0.3 is 10.1 Å². The van der Waals surface area contributed by atoms with Crippen molar-refractivity contribution in [2.45, 2.75) is 31.6 Å². The molecule has 1 amide bonds. The summed E-state index contributed by atoms with van der Waals surface area (Å²) in [5.41, 5.74) is 1.56. The summed E-state index contributed by atoms with van der Waals surface area (Å²) < 4.78 is 31.2. The van der Waals surface area contributed by atoms with E-state index in [9.17, 15) is 18.0 Å². The lowest BCUT2D eigenvalue weighted by Crippen LogP contribution is -2.28. The highest BCUT2D eigenvalue weighted by Crippen LogP contribution is 2.20. The fraction of sp³-hybridized carbons (Fsp3) is 0.333. The molecule has 0 radical (unpaired) electrons. The molecule has 0 saturated heterocycles. The normalized spacial score (nSPS) is 11.3. The third-order valence-electron chi connectivity index (χ3n) is 4.43. The molecule has 2 aromatic carbocycles. The Morgan fingerprint density at radius 1 is 1.07 bits per heavy atom. The van der Waals surface area contributed by atoms with Crippen molar-refractivity contribution < 1.29 is 22.7 Å². The molecule has 0 fully saturated rings. The topological polar surface area (TPSA) is 92.8 Å². The van der Waals surface area contributed by atoms with Crippen molar-refractivity contribution in [3.8, 4) is 0 Å². The van der Waals surface area contributed by atoms with E-state index in [4.69, 9.17) is 4.74 Å². The van der Waals surface area contributed by atoms with Crippen molar-refractivity contribution in [1.82, 2.24) is 4.31 Å². The molecule has 2 aromatic rings. The second-order valence-corrected chi connectivity index (χ2v) is 8.53. The molecule has 1 N–H and O–H groups in total. The summed E-state index contributed by atoms with van der Waals surface area (Å²) in [4.78, 5) is 24.5. The van der Waals surface area contributed by atoms with Crippen LogP contribution in [-0.4, -0.2) is 44.8 Å². The van der Waals surface area contributed by atoms with Gasteiger partial charge in [-0.05, 0) is 50.1 Å². The molecule has 8 heteroatoms. The number of benzene rings is 2. The molecular weight excluding hydrogens is 392 g/mol. The lowest BCUT2D eigenvalue weighted by atomic mass is 10.1. The summed E-state index contributed by atoms with van der Waals surface area (Å²) in [7, 11) is -2.08. The number of carbonyl (C=O) groups is 2. The van der Waals surface area contributed by atoms with E-state index < -0.39 is 16.0 Å². The van der Waals surface area contributed by atoms with E-state index in [1.807, 2.05) is 0 Å². The van der Waals surface area contributed by atoms with Crippen LogP contribution < -0.4 is 5.32 Å². The molecule has 2 rings (SSSR count). The van der Waals surface area contributed by atoms with Crippen LogP contribution in [0.5, 0.6) is 0 Å². The molecule has 0 aliphatic carbocycles. The summed E-state index contributed by atoms with van der Waals surface area (Å²) in [6, 6.07) is 13.2.